The molecule has 1 saturated heterocycles. The molecule has 1 amide bonds. The molecule has 1 atom stereocenters. The fourth-order valence-electron chi connectivity index (χ4n) is 2.33. The third-order valence-electron chi connectivity index (χ3n) is 3.31. The average Bonchev–Trinajstić information content (AvgIpc) is 2.40. The van der Waals surface area contributed by atoms with Crippen molar-refractivity contribution in [2.24, 2.45) is 11.7 Å². The SMILES string of the molecule is CN(CC1CCCNC1)c1cccc(C(N)=O)n1. The van der Waals surface area contributed by atoms with Crippen molar-refractivity contribution >= 4 is 11.7 Å². The van der Waals surface area contributed by atoms with Crippen LogP contribution >= 0.6 is 0 Å². The Morgan fingerprint density at radius 1 is 1.61 bits per heavy atom. The highest BCUT2D eigenvalue weighted by Crippen LogP contribution is 2.15. The second-order valence-corrected chi connectivity index (χ2v) is 4.84. The Bertz CT molecular complexity index is 415. The Kier molecular flexibility index (Phi) is 4.15. The van der Waals surface area contributed by atoms with Gasteiger partial charge in [0.15, 0.2) is 0 Å². The molecule has 2 heterocycles. The maximum Gasteiger partial charge on any atom is 0.267 e. The summed E-state index contributed by atoms with van der Waals surface area (Å²) in [7, 11) is 2.00. The van der Waals surface area contributed by atoms with Gasteiger partial charge in [0.2, 0.25) is 0 Å². The molecule has 1 aromatic heterocycles. The molecule has 1 aromatic rings. The third kappa shape index (κ3) is 3.20. The molecule has 1 aliphatic rings. The van der Waals surface area contributed by atoms with Gasteiger partial charge in [-0.05, 0) is 44.0 Å². The van der Waals surface area contributed by atoms with E-state index in [0.29, 0.717) is 11.6 Å². The van der Waals surface area contributed by atoms with Gasteiger partial charge in [-0.15, -0.1) is 0 Å². The van der Waals surface area contributed by atoms with Crippen LogP contribution in [0.2, 0.25) is 0 Å². The number of carbonyl (C=O) groups is 1. The summed E-state index contributed by atoms with van der Waals surface area (Å²) in [5.41, 5.74) is 5.56. The van der Waals surface area contributed by atoms with E-state index in [0.717, 1.165) is 25.5 Å². The van der Waals surface area contributed by atoms with Gasteiger partial charge in [0.1, 0.15) is 11.5 Å². The largest absolute Gasteiger partial charge is 0.364 e. The van der Waals surface area contributed by atoms with Crippen LogP contribution in [0.3, 0.4) is 0 Å². The molecule has 98 valence electrons. The summed E-state index contributed by atoms with van der Waals surface area (Å²) in [5.74, 6) is 0.962. The van der Waals surface area contributed by atoms with Crippen LogP contribution in [0.5, 0.6) is 0 Å². The molecule has 0 aliphatic carbocycles. The smallest absolute Gasteiger partial charge is 0.267 e. The molecule has 1 fully saturated rings. The van der Waals surface area contributed by atoms with Crippen molar-refractivity contribution in [3.8, 4) is 0 Å². The van der Waals surface area contributed by atoms with Crippen molar-refractivity contribution in [3.63, 3.8) is 0 Å². The topological polar surface area (TPSA) is 71.2 Å². The first-order chi connectivity index (χ1) is 8.66. The van der Waals surface area contributed by atoms with Crippen LogP contribution in [0.1, 0.15) is 23.3 Å². The lowest BCUT2D eigenvalue weighted by Crippen LogP contribution is -2.37. The molecular weight excluding hydrogens is 228 g/mol. The highest BCUT2D eigenvalue weighted by Gasteiger charge is 2.16. The number of pyridine rings is 1. The van der Waals surface area contributed by atoms with Crippen LogP contribution in [0.15, 0.2) is 18.2 Å². The first-order valence-electron chi connectivity index (χ1n) is 6.35. The minimum absolute atomic E-state index is 0.320. The van der Waals surface area contributed by atoms with Crippen LogP contribution < -0.4 is 16.0 Å². The first kappa shape index (κ1) is 12.8. The highest BCUT2D eigenvalue weighted by molar-refractivity contribution is 5.91. The maximum atomic E-state index is 11.1. The minimum atomic E-state index is -0.482. The molecule has 2 rings (SSSR count). The number of aromatic nitrogens is 1. The summed E-state index contributed by atoms with van der Waals surface area (Å²) in [4.78, 5) is 17.5. The molecular formula is C13H20N4O. The van der Waals surface area contributed by atoms with E-state index in [1.807, 2.05) is 19.2 Å². The second kappa shape index (κ2) is 5.82. The van der Waals surface area contributed by atoms with Crippen LogP contribution in [-0.2, 0) is 0 Å². The number of nitrogens with zero attached hydrogens (tertiary/aromatic N) is 2. The van der Waals surface area contributed by atoms with Gasteiger partial charge in [-0.3, -0.25) is 4.79 Å². The zero-order chi connectivity index (χ0) is 13.0. The van der Waals surface area contributed by atoms with Gasteiger partial charge in [0, 0.05) is 13.6 Å². The maximum absolute atomic E-state index is 11.1. The zero-order valence-electron chi connectivity index (χ0n) is 10.7. The van der Waals surface area contributed by atoms with Crippen LogP contribution in [0.25, 0.3) is 0 Å². The van der Waals surface area contributed by atoms with Gasteiger partial charge >= 0.3 is 0 Å². The Labute approximate surface area is 107 Å². The predicted molar refractivity (Wildman–Crippen MR) is 71.6 cm³/mol. The monoisotopic (exact) mass is 248 g/mol. The van der Waals surface area contributed by atoms with Gasteiger partial charge < -0.3 is 16.0 Å². The molecule has 3 N–H and O–H groups in total. The molecule has 0 radical (unpaired) electrons. The number of anilines is 1. The van der Waals surface area contributed by atoms with Crippen molar-refractivity contribution in [2.45, 2.75) is 12.8 Å². The van der Waals surface area contributed by atoms with Gasteiger partial charge in [-0.2, -0.15) is 0 Å². The fraction of sp³-hybridized carbons (Fsp3) is 0.538. The van der Waals surface area contributed by atoms with Gasteiger partial charge in [0.25, 0.3) is 5.91 Å². The van der Waals surface area contributed by atoms with Crippen molar-refractivity contribution in [1.29, 1.82) is 0 Å². The van der Waals surface area contributed by atoms with Crippen molar-refractivity contribution in [1.82, 2.24) is 10.3 Å². The number of hydrogen-bond acceptors (Lipinski definition) is 4. The lowest BCUT2D eigenvalue weighted by atomic mass is 9.99. The van der Waals surface area contributed by atoms with E-state index >= 15 is 0 Å². The molecule has 18 heavy (non-hydrogen) atoms. The summed E-state index contributed by atoms with van der Waals surface area (Å²) in [6.45, 7) is 3.12. The molecule has 0 saturated carbocycles. The van der Waals surface area contributed by atoms with E-state index in [1.165, 1.54) is 12.8 Å². The summed E-state index contributed by atoms with van der Waals surface area (Å²) >= 11 is 0. The number of amides is 1. The van der Waals surface area contributed by atoms with E-state index in [2.05, 4.69) is 15.2 Å². The Hall–Kier alpha value is -1.62. The predicted octanol–water partition coefficient (Wildman–Crippen LogP) is 0.616. The Balaban J connectivity index is 2.01. The van der Waals surface area contributed by atoms with E-state index in [4.69, 9.17) is 5.73 Å². The van der Waals surface area contributed by atoms with Gasteiger partial charge in [0.05, 0.1) is 0 Å². The number of hydrogen-bond donors (Lipinski definition) is 2. The first-order valence-corrected chi connectivity index (χ1v) is 6.35. The molecule has 1 unspecified atom stereocenters. The summed E-state index contributed by atoms with van der Waals surface area (Å²) < 4.78 is 0. The number of primary amides is 1. The van der Waals surface area contributed by atoms with Crippen LogP contribution in [0, 0.1) is 5.92 Å². The minimum Gasteiger partial charge on any atom is -0.364 e. The Morgan fingerprint density at radius 2 is 2.44 bits per heavy atom. The molecule has 5 heteroatoms. The number of nitrogens with one attached hydrogen (secondary N) is 1. The van der Waals surface area contributed by atoms with E-state index in [-0.39, 0.29) is 0 Å². The molecule has 0 spiro atoms. The number of piperidine rings is 1. The highest BCUT2D eigenvalue weighted by atomic mass is 16.1. The molecule has 0 aromatic carbocycles. The number of nitrogens with two attached hydrogens (primary N) is 1. The Morgan fingerprint density at radius 3 is 3.11 bits per heavy atom. The normalized spacial score (nSPS) is 19.5. The van der Waals surface area contributed by atoms with Gasteiger partial charge in [-0.25, -0.2) is 4.98 Å². The van der Waals surface area contributed by atoms with E-state index < -0.39 is 5.91 Å². The summed E-state index contributed by atoms with van der Waals surface area (Å²) in [6, 6.07) is 5.36. The number of rotatable bonds is 4. The van der Waals surface area contributed by atoms with Crippen molar-refractivity contribution in [2.75, 3.05) is 31.6 Å². The lowest BCUT2D eigenvalue weighted by Gasteiger charge is -2.28. The van der Waals surface area contributed by atoms with E-state index in [9.17, 15) is 4.79 Å². The van der Waals surface area contributed by atoms with Crippen LogP contribution in [-0.4, -0.2) is 37.6 Å². The van der Waals surface area contributed by atoms with Crippen molar-refractivity contribution < 1.29 is 4.79 Å². The molecule has 0 bridgehead atoms. The van der Waals surface area contributed by atoms with Gasteiger partial charge in [-0.1, -0.05) is 6.07 Å². The molecule has 1 aliphatic heterocycles. The third-order valence-corrected chi connectivity index (χ3v) is 3.31. The van der Waals surface area contributed by atoms with E-state index in [1.54, 1.807) is 6.07 Å². The van der Waals surface area contributed by atoms with Crippen molar-refractivity contribution in [3.05, 3.63) is 23.9 Å². The second-order valence-electron chi connectivity index (χ2n) is 4.84. The zero-order valence-corrected chi connectivity index (χ0v) is 10.7. The fourth-order valence-corrected chi connectivity index (χ4v) is 2.33. The number of carbonyl (C=O) groups excluding carboxylic acids is 1. The summed E-state index contributed by atoms with van der Waals surface area (Å²) in [6.07, 6.45) is 2.47. The lowest BCUT2D eigenvalue weighted by molar-refractivity contribution is 0.0995. The standard InChI is InChI=1S/C13H20N4O/c1-17(9-10-4-3-7-15-8-10)12-6-2-5-11(16-12)13(14)18/h2,5-6,10,15H,3-4,7-9H2,1H3,(H2,14,18). The quantitative estimate of drug-likeness (QED) is 0.819. The van der Waals surface area contributed by atoms with Crippen LogP contribution in [0.4, 0.5) is 5.82 Å². The summed E-state index contributed by atoms with van der Waals surface area (Å²) in [5, 5.41) is 3.40. The molecule has 5 nitrogen and oxygen atoms in total. The average molecular weight is 248 g/mol.